The molecule has 3 aromatic rings. The first kappa shape index (κ1) is 28.0. The second-order valence-electron chi connectivity index (χ2n) is 8.66. The number of carbonyl (C=O) groups is 2. The van der Waals surface area contributed by atoms with Crippen LogP contribution in [0, 0.1) is 11.3 Å². The molecule has 1 heterocycles. The number of nitriles is 1. The molecule has 39 heavy (non-hydrogen) atoms. The lowest BCUT2D eigenvalue weighted by atomic mass is 9.81. The molecule has 4 rings (SSSR count). The van der Waals surface area contributed by atoms with Gasteiger partial charge in [-0.05, 0) is 42.2 Å². The van der Waals surface area contributed by atoms with Crippen molar-refractivity contribution in [1.29, 1.82) is 5.26 Å². The molecule has 1 aliphatic heterocycles. The average Bonchev–Trinajstić information content (AvgIpc) is 2.96. The summed E-state index contributed by atoms with van der Waals surface area (Å²) in [7, 11) is 0. The van der Waals surface area contributed by atoms with Gasteiger partial charge in [-0.3, -0.25) is 4.79 Å². The number of benzene rings is 3. The van der Waals surface area contributed by atoms with Crippen molar-refractivity contribution in [2.45, 2.75) is 26.2 Å². The molecule has 2 N–H and O–H groups in total. The molecule has 0 fully saturated rings. The number of esters is 1. The number of allylic oxidation sites excluding steroid dienone is 1. The maximum Gasteiger partial charge on any atom is 0.337 e. The standard InChI is InChI=1S/C31H28ClN3O3S/c1-3-20-12-8-11-17-25(20)34-26(36)19-39-30-23(18-33)27(22-15-9-10-16-24(22)32)28(31(37)38-4-2)29(35-30)21-13-6-5-7-14-21/h5-17,27,35H,3-4,19H2,1-2H3,(H,34,36)/t27-/m0/s1. The van der Waals surface area contributed by atoms with Crippen molar-refractivity contribution in [3.05, 3.63) is 117 Å². The highest BCUT2D eigenvalue weighted by Crippen LogP contribution is 2.45. The first-order valence-corrected chi connectivity index (χ1v) is 14.0. The molecule has 0 saturated heterocycles. The Bertz CT molecular complexity index is 1480. The van der Waals surface area contributed by atoms with Gasteiger partial charge in [-0.2, -0.15) is 5.26 Å². The van der Waals surface area contributed by atoms with Crippen LogP contribution in [0.2, 0.25) is 5.02 Å². The van der Waals surface area contributed by atoms with E-state index in [-0.39, 0.29) is 23.8 Å². The predicted octanol–water partition coefficient (Wildman–Crippen LogP) is 6.67. The van der Waals surface area contributed by atoms with E-state index in [0.29, 0.717) is 26.9 Å². The highest BCUT2D eigenvalue weighted by Gasteiger charge is 2.38. The number of dihydropyridines is 1. The van der Waals surface area contributed by atoms with Crippen LogP contribution < -0.4 is 10.6 Å². The van der Waals surface area contributed by atoms with Gasteiger partial charge in [0, 0.05) is 10.7 Å². The smallest absolute Gasteiger partial charge is 0.337 e. The SMILES string of the molecule is CCOC(=O)C1=C(c2ccccc2)NC(SCC(=O)Nc2ccccc2CC)=C(C#N)[C@@H]1c1ccccc1Cl. The number of thioether (sulfide) groups is 1. The summed E-state index contributed by atoms with van der Waals surface area (Å²) in [5.41, 5.74) is 4.24. The van der Waals surface area contributed by atoms with Crippen molar-refractivity contribution >= 4 is 46.6 Å². The van der Waals surface area contributed by atoms with E-state index in [4.69, 9.17) is 16.3 Å². The zero-order valence-electron chi connectivity index (χ0n) is 21.7. The second-order valence-corrected chi connectivity index (χ2v) is 10.0. The topological polar surface area (TPSA) is 91.2 Å². The second kappa shape index (κ2) is 13.2. The molecule has 1 aliphatic rings. The normalized spacial score (nSPS) is 14.9. The molecule has 1 atom stereocenters. The largest absolute Gasteiger partial charge is 0.463 e. The minimum Gasteiger partial charge on any atom is -0.463 e. The number of nitrogens with one attached hydrogen (secondary N) is 2. The highest BCUT2D eigenvalue weighted by molar-refractivity contribution is 8.03. The van der Waals surface area contributed by atoms with E-state index in [1.54, 1.807) is 25.1 Å². The number of para-hydroxylation sites is 1. The number of carbonyl (C=O) groups excluding carboxylic acids is 2. The van der Waals surface area contributed by atoms with Gasteiger partial charge in [-0.15, -0.1) is 0 Å². The Morgan fingerprint density at radius 1 is 1.03 bits per heavy atom. The van der Waals surface area contributed by atoms with Gasteiger partial charge < -0.3 is 15.4 Å². The number of anilines is 1. The van der Waals surface area contributed by atoms with E-state index < -0.39 is 11.9 Å². The number of hydrogen-bond donors (Lipinski definition) is 2. The van der Waals surface area contributed by atoms with Gasteiger partial charge in [0.1, 0.15) is 0 Å². The van der Waals surface area contributed by atoms with Gasteiger partial charge in [0.15, 0.2) is 0 Å². The predicted molar refractivity (Wildman–Crippen MR) is 157 cm³/mol. The number of rotatable bonds is 9. The van der Waals surface area contributed by atoms with Crippen LogP contribution in [0.5, 0.6) is 0 Å². The molecule has 0 bridgehead atoms. The molecule has 8 heteroatoms. The maximum absolute atomic E-state index is 13.4. The lowest BCUT2D eigenvalue weighted by molar-refractivity contribution is -0.138. The van der Waals surface area contributed by atoms with Crippen LogP contribution >= 0.6 is 23.4 Å². The minimum atomic E-state index is -0.786. The van der Waals surface area contributed by atoms with Gasteiger partial charge in [-0.1, -0.05) is 97.0 Å². The van der Waals surface area contributed by atoms with Crippen molar-refractivity contribution in [2.24, 2.45) is 0 Å². The Kier molecular flexibility index (Phi) is 9.48. The summed E-state index contributed by atoms with van der Waals surface area (Å²) in [6, 6.07) is 26.4. The molecular formula is C31H28ClN3O3S. The van der Waals surface area contributed by atoms with Gasteiger partial charge in [0.05, 0.1) is 46.2 Å². The monoisotopic (exact) mass is 557 g/mol. The van der Waals surface area contributed by atoms with Crippen molar-refractivity contribution in [3.8, 4) is 6.07 Å². The van der Waals surface area contributed by atoms with Crippen LogP contribution in [0.15, 0.2) is 95.0 Å². The van der Waals surface area contributed by atoms with Gasteiger partial charge in [0.2, 0.25) is 5.91 Å². The van der Waals surface area contributed by atoms with E-state index in [9.17, 15) is 14.9 Å². The Morgan fingerprint density at radius 2 is 1.72 bits per heavy atom. The van der Waals surface area contributed by atoms with Gasteiger partial charge in [0.25, 0.3) is 0 Å². The van der Waals surface area contributed by atoms with Crippen LogP contribution in [-0.2, 0) is 20.7 Å². The molecule has 0 aromatic heterocycles. The van der Waals surface area contributed by atoms with Crippen LogP contribution in [0.4, 0.5) is 5.69 Å². The van der Waals surface area contributed by atoms with Crippen molar-refractivity contribution in [3.63, 3.8) is 0 Å². The van der Waals surface area contributed by atoms with Crippen LogP contribution in [0.25, 0.3) is 5.70 Å². The summed E-state index contributed by atoms with van der Waals surface area (Å²) in [5, 5.41) is 17.5. The molecule has 1 amide bonds. The molecule has 0 unspecified atom stereocenters. The molecule has 0 aliphatic carbocycles. The third-order valence-corrected chi connectivity index (χ3v) is 7.61. The zero-order chi connectivity index (χ0) is 27.8. The summed E-state index contributed by atoms with van der Waals surface area (Å²) in [5.74, 6) is -1.48. The van der Waals surface area contributed by atoms with E-state index in [1.165, 1.54) is 11.8 Å². The van der Waals surface area contributed by atoms with Crippen molar-refractivity contribution < 1.29 is 14.3 Å². The third kappa shape index (κ3) is 6.36. The summed E-state index contributed by atoms with van der Waals surface area (Å²) in [6.45, 7) is 3.94. The number of nitrogens with zero attached hydrogens (tertiary/aromatic N) is 1. The number of hydrogen-bond acceptors (Lipinski definition) is 6. The number of halogens is 1. The first-order valence-electron chi connectivity index (χ1n) is 12.6. The fourth-order valence-electron chi connectivity index (χ4n) is 4.45. The lowest BCUT2D eigenvalue weighted by Crippen LogP contribution is -2.30. The number of aryl methyl sites for hydroxylation is 1. The summed E-state index contributed by atoms with van der Waals surface area (Å²) < 4.78 is 5.46. The lowest BCUT2D eigenvalue weighted by Gasteiger charge is -2.31. The number of amides is 1. The van der Waals surface area contributed by atoms with Gasteiger partial charge in [-0.25, -0.2) is 4.79 Å². The summed E-state index contributed by atoms with van der Waals surface area (Å²) in [4.78, 5) is 26.4. The molecule has 3 aromatic carbocycles. The maximum atomic E-state index is 13.4. The van der Waals surface area contributed by atoms with E-state index >= 15 is 0 Å². The molecule has 0 saturated carbocycles. The third-order valence-electron chi connectivity index (χ3n) is 6.24. The van der Waals surface area contributed by atoms with Gasteiger partial charge >= 0.3 is 5.97 Å². The Balaban J connectivity index is 1.77. The molecule has 0 spiro atoms. The molecule has 0 radical (unpaired) electrons. The van der Waals surface area contributed by atoms with Crippen LogP contribution in [-0.4, -0.2) is 24.2 Å². The fourth-order valence-corrected chi connectivity index (χ4v) is 5.54. The summed E-state index contributed by atoms with van der Waals surface area (Å²) >= 11 is 7.82. The highest BCUT2D eigenvalue weighted by atomic mass is 35.5. The van der Waals surface area contributed by atoms with E-state index in [2.05, 4.69) is 16.7 Å². The van der Waals surface area contributed by atoms with Crippen LogP contribution in [0.1, 0.15) is 36.5 Å². The Hall–Kier alpha value is -3.99. The van der Waals surface area contributed by atoms with Crippen LogP contribution in [0.3, 0.4) is 0 Å². The Morgan fingerprint density at radius 3 is 2.41 bits per heavy atom. The van der Waals surface area contributed by atoms with E-state index in [1.807, 2.05) is 67.6 Å². The first-order chi connectivity index (χ1) is 19.0. The fraction of sp³-hybridized carbons (Fsp3) is 0.194. The van der Waals surface area contributed by atoms with Crippen molar-refractivity contribution in [2.75, 3.05) is 17.7 Å². The minimum absolute atomic E-state index is 0.0532. The number of ether oxygens (including phenoxy) is 1. The molecular weight excluding hydrogens is 530 g/mol. The van der Waals surface area contributed by atoms with E-state index in [0.717, 1.165) is 23.2 Å². The van der Waals surface area contributed by atoms with Crippen molar-refractivity contribution in [1.82, 2.24) is 5.32 Å². The molecule has 6 nitrogen and oxygen atoms in total. The molecule has 198 valence electrons. The summed E-state index contributed by atoms with van der Waals surface area (Å²) in [6.07, 6.45) is 0.788. The average molecular weight is 558 g/mol. The zero-order valence-corrected chi connectivity index (χ0v) is 23.2. The Labute approximate surface area is 237 Å². The quantitative estimate of drug-likeness (QED) is 0.285.